The van der Waals surface area contributed by atoms with Gasteiger partial charge in [-0.3, -0.25) is 9.59 Å². The lowest BCUT2D eigenvalue weighted by Crippen LogP contribution is -2.43. The summed E-state index contributed by atoms with van der Waals surface area (Å²) in [6.45, 7) is 3.68. The quantitative estimate of drug-likeness (QED) is 0.771. The van der Waals surface area contributed by atoms with Gasteiger partial charge in [0.05, 0.1) is 0 Å². The predicted octanol–water partition coefficient (Wildman–Crippen LogP) is 3.17. The minimum atomic E-state index is 0.0396. The summed E-state index contributed by atoms with van der Waals surface area (Å²) in [6, 6.07) is 14.7. The van der Waals surface area contributed by atoms with Gasteiger partial charge in [0.1, 0.15) is 12.0 Å². The monoisotopic (exact) mass is 366 g/mol. The van der Waals surface area contributed by atoms with Crippen LogP contribution in [0.15, 0.2) is 48.5 Å². The zero-order chi connectivity index (χ0) is 19.2. The lowest BCUT2D eigenvalue weighted by molar-refractivity contribution is -0.126. The zero-order valence-corrected chi connectivity index (χ0v) is 15.6. The molecule has 2 aromatic rings. The number of carbonyl (C=O) groups is 2. The number of aromatic hydroxyl groups is 1. The van der Waals surface area contributed by atoms with Crippen molar-refractivity contribution in [1.82, 2.24) is 5.32 Å². The Bertz CT molecular complexity index is 763. The summed E-state index contributed by atoms with van der Waals surface area (Å²) in [7, 11) is 0. The smallest absolute Gasteiger partial charge is 0.223 e. The molecule has 1 heterocycles. The molecular formula is C22H26N2O3. The third-order valence-electron chi connectivity index (χ3n) is 5.13. The molecule has 1 saturated heterocycles. The molecule has 1 atom stereocenters. The molecule has 0 aromatic heterocycles. The fraction of sp³-hybridized carbons (Fsp3) is 0.364. The van der Waals surface area contributed by atoms with Gasteiger partial charge in [-0.1, -0.05) is 12.1 Å². The topological polar surface area (TPSA) is 69.6 Å². The van der Waals surface area contributed by atoms with Crippen LogP contribution < -0.4 is 10.2 Å². The van der Waals surface area contributed by atoms with E-state index in [-0.39, 0.29) is 23.6 Å². The number of nitrogens with zero attached hydrogens (tertiary/aromatic N) is 1. The van der Waals surface area contributed by atoms with Crippen molar-refractivity contribution in [2.75, 3.05) is 18.0 Å². The number of phenols is 1. The van der Waals surface area contributed by atoms with Gasteiger partial charge < -0.3 is 15.3 Å². The largest absolute Gasteiger partial charge is 0.508 e. The molecule has 0 unspecified atom stereocenters. The standard InChI is InChI=1S/C22H26N2O3/c1-16(14-17-4-8-21(26)9-5-17)23-22(27)19-10-12-24(13-11-19)20-6-2-18(15-25)3-7-20/h2-9,15-16,19,26H,10-14H2,1H3,(H,23,27)/t16-/m0/s1. The lowest BCUT2D eigenvalue weighted by Gasteiger charge is -2.33. The molecule has 3 rings (SSSR count). The van der Waals surface area contributed by atoms with Crippen molar-refractivity contribution in [3.05, 3.63) is 59.7 Å². The number of hydrogen-bond donors (Lipinski definition) is 2. The highest BCUT2D eigenvalue weighted by Crippen LogP contribution is 2.24. The average Bonchev–Trinajstić information content (AvgIpc) is 2.70. The lowest BCUT2D eigenvalue weighted by atomic mass is 9.94. The molecule has 27 heavy (non-hydrogen) atoms. The Hall–Kier alpha value is -2.82. The summed E-state index contributed by atoms with van der Waals surface area (Å²) in [5, 5.41) is 12.5. The molecule has 5 nitrogen and oxygen atoms in total. The van der Waals surface area contributed by atoms with Crippen LogP contribution in [0.3, 0.4) is 0 Å². The van der Waals surface area contributed by atoms with Gasteiger partial charge in [0.2, 0.25) is 5.91 Å². The highest BCUT2D eigenvalue weighted by atomic mass is 16.3. The number of rotatable bonds is 6. The summed E-state index contributed by atoms with van der Waals surface area (Å²) < 4.78 is 0. The highest BCUT2D eigenvalue weighted by Gasteiger charge is 2.25. The van der Waals surface area contributed by atoms with Gasteiger partial charge in [-0.2, -0.15) is 0 Å². The number of aldehydes is 1. The summed E-state index contributed by atoms with van der Waals surface area (Å²) >= 11 is 0. The molecule has 0 aliphatic carbocycles. The van der Waals surface area contributed by atoms with Gasteiger partial charge in [-0.25, -0.2) is 0 Å². The Morgan fingerprint density at radius 3 is 2.37 bits per heavy atom. The normalized spacial score (nSPS) is 16.0. The van der Waals surface area contributed by atoms with Gasteiger partial charge >= 0.3 is 0 Å². The first-order valence-corrected chi connectivity index (χ1v) is 9.43. The molecule has 1 amide bonds. The minimum Gasteiger partial charge on any atom is -0.508 e. The van der Waals surface area contributed by atoms with Crippen molar-refractivity contribution in [1.29, 1.82) is 0 Å². The molecule has 2 N–H and O–H groups in total. The number of anilines is 1. The van der Waals surface area contributed by atoms with Crippen LogP contribution in [-0.4, -0.2) is 36.4 Å². The number of carbonyl (C=O) groups excluding carboxylic acids is 2. The Kier molecular flexibility index (Phi) is 6.12. The second kappa shape index (κ2) is 8.71. The molecule has 5 heteroatoms. The fourth-order valence-corrected chi connectivity index (χ4v) is 3.56. The number of hydrogen-bond acceptors (Lipinski definition) is 4. The van der Waals surface area contributed by atoms with E-state index in [1.54, 1.807) is 12.1 Å². The maximum atomic E-state index is 12.6. The molecule has 2 aromatic carbocycles. The van der Waals surface area contributed by atoms with E-state index in [4.69, 9.17) is 0 Å². The van der Waals surface area contributed by atoms with Crippen molar-refractivity contribution in [2.24, 2.45) is 5.92 Å². The molecule has 0 bridgehead atoms. The summed E-state index contributed by atoms with van der Waals surface area (Å²) in [5.74, 6) is 0.415. The number of phenolic OH excluding ortho intramolecular Hbond substituents is 1. The van der Waals surface area contributed by atoms with E-state index in [0.29, 0.717) is 5.56 Å². The SMILES string of the molecule is C[C@@H](Cc1ccc(O)cc1)NC(=O)C1CCN(c2ccc(C=O)cc2)CC1. The number of amides is 1. The van der Waals surface area contributed by atoms with Gasteiger partial charge in [-0.15, -0.1) is 0 Å². The van der Waals surface area contributed by atoms with Crippen LogP contribution in [0.25, 0.3) is 0 Å². The Balaban J connectivity index is 1.47. The summed E-state index contributed by atoms with van der Waals surface area (Å²) in [6.07, 6.45) is 3.24. The van der Waals surface area contributed by atoms with Crippen molar-refractivity contribution in [2.45, 2.75) is 32.2 Å². The predicted molar refractivity (Wildman–Crippen MR) is 106 cm³/mol. The van der Waals surface area contributed by atoms with Crippen LogP contribution in [0, 0.1) is 5.92 Å². The van der Waals surface area contributed by atoms with Gasteiger partial charge in [0, 0.05) is 36.3 Å². The Labute approximate surface area is 160 Å². The van der Waals surface area contributed by atoms with E-state index < -0.39 is 0 Å². The maximum Gasteiger partial charge on any atom is 0.223 e. The Morgan fingerprint density at radius 1 is 1.15 bits per heavy atom. The molecule has 1 fully saturated rings. The van der Waals surface area contributed by atoms with E-state index in [2.05, 4.69) is 10.2 Å². The molecule has 1 aliphatic heterocycles. The van der Waals surface area contributed by atoms with Crippen LogP contribution in [0.1, 0.15) is 35.7 Å². The van der Waals surface area contributed by atoms with E-state index >= 15 is 0 Å². The van der Waals surface area contributed by atoms with Crippen LogP contribution in [0.5, 0.6) is 5.75 Å². The highest BCUT2D eigenvalue weighted by molar-refractivity contribution is 5.79. The van der Waals surface area contributed by atoms with E-state index in [0.717, 1.165) is 49.9 Å². The number of nitrogens with one attached hydrogen (secondary N) is 1. The Morgan fingerprint density at radius 2 is 1.78 bits per heavy atom. The molecule has 0 saturated carbocycles. The van der Waals surface area contributed by atoms with E-state index in [1.165, 1.54) is 0 Å². The molecule has 1 aliphatic rings. The second-order valence-corrected chi connectivity index (χ2v) is 7.25. The van der Waals surface area contributed by atoms with E-state index in [1.807, 2.05) is 43.3 Å². The van der Waals surface area contributed by atoms with Crippen molar-refractivity contribution < 1.29 is 14.7 Å². The fourth-order valence-electron chi connectivity index (χ4n) is 3.56. The summed E-state index contributed by atoms with van der Waals surface area (Å²) in [5.41, 5.74) is 2.87. The van der Waals surface area contributed by atoms with Crippen LogP contribution in [0.2, 0.25) is 0 Å². The van der Waals surface area contributed by atoms with Crippen molar-refractivity contribution in [3.8, 4) is 5.75 Å². The van der Waals surface area contributed by atoms with Crippen LogP contribution in [-0.2, 0) is 11.2 Å². The third-order valence-corrected chi connectivity index (χ3v) is 5.13. The summed E-state index contributed by atoms with van der Waals surface area (Å²) in [4.78, 5) is 25.6. The second-order valence-electron chi connectivity index (χ2n) is 7.25. The first kappa shape index (κ1) is 19.0. The number of benzene rings is 2. The van der Waals surface area contributed by atoms with Gasteiger partial charge in [0.15, 0.2) is 0 Å². The molecule has 0 radical (unpaired) electrons. The zero-order valence-electron chi connectivity index (χ0n) is 15.6. The molecule has 142 valence electrons. The third kappa shape index (κ3) is 5.09. The molecule has 0 spiro atoms. The average molecular weight is 366 g/mol. The van der Waals surface area contributed by atoms with Crippen LogP contribution >= 0.6 is 0 Å². The van der Waals surface area contributed by atoms with E-state index in [9.17, 15) is 14.7 Å². The minimum absolute atomic E-state index is 0.0396. The van der Waals surface area contributed by atoms with Gasteiger partial charge in [0.25, 0.3) is 0 Å². The molecular weight excluding hydrogens is 340 g/mol. The maximum absolute atomic E-state index is 12.6. The first-order valence-electron chi connectivity index (χ1n) is 9.43. The number of piperidine rings is 1. The first-order chi connectivity index (χ1) is 13.0. The van der Waals surface area contributed by atoms with Crippen LogP contribution in [0.4, 0.5) is 5.69 Å². The van der Waals surface area contributed by atoms with Gasteiger partial charge in [-0.05, 0) is 68.1 Å². The van der Waals surface area contributed by atoms with Crippen molar-refractivity contribution >= 4 is 17.9 Å². The van der Waals surface area contributed by atoms with Crippen molar-refractivity contribution in [3.63, 3.8) is 0 Å².